The third kappa shape index (κ3) is 2.67. The molecule has 122 valence electrons. The largest absolute Gasteiger partial charge is 0.353 e. The lowest BCUT2D eigenvalue weighted by Crippen LogP contribution is -2.46. The summed E-state index contributed by atoms with van der Waals surface area (Å²) in [5.74, 6) is 1.50. The second-order valence-corrected chi connectivity index (χ2v) is 6.02. The molecule has 8 heteroatoms. The molecule has 1 N–H and O–H groups in total. The lowest BCUT2D eigenvalue weighted by atomic mass is 10.2. The molecule has 7 nitrogen and oxygen atoms in total. The molecule has 0 atom stereocenters. The molecule has 0 aromatic carbocycles. The van der Waals surface area contributed by atoms with Gasteiger partial charge in [-0.25, -0.2) is 15.0 Å². The van der Waals surface area contributed by atoms with Crippen LogP contribution in [0.4, 0.5) is 5.82 Å². The fourth-order valence-electron chi connectivity index (χ4n) is 2.81. The molecule has 1 aliphatic heterocycles. The molecule has 1 amide bonds. The maximum Gasteiger partial charge on any atom is 0.209 e. The molecule has 0 radical (unpaired) electrons. The van der Waals surface area contributed by atoms with E-state index in [2.05, 4.69) is 24.8 Å². The molecule has 0 spiro atoms. The summed E-state index contributed by atoms with van der Waals surface area (Å²) in [5.41, 5.74) is 2.31. The normalized spacial score (nSPS) is 15.0. The van der Waals surface area contributed by atoms with E-state index in [1.54, 1.807) is 17.3 Å². The first-order valence-electron chi connectivity index (χ1n) is 7.65. The Labute approximate surface area is 143 Å². The number of hydrogen-bond donors (Lipinski definition) is 1. The van der Waals surface area contributed by atoms with Gasteiger partial charge in [-0.3, -0.25) is 4.79 Å². The smallest absolute Gasteiger partial charge is 0.209 e. The maximum absolute atomic E-state index is 10.8. The van der Waals surface area contributed by atoms with Crippen LogP contribution in [-0.2, 0) is 4.79 Å². The number of H-pyrrole nitrogens is 1. The molecule has 4 heterocycles. The van der Waals surface area contributed by atoms with Crippen LogP contribution in [0, 0.1) is 0 Å². The molecule has 3 aromatic heterocycles. The highest BCUT2D eigenvalue weighted by atomic mass is 35.5. The average molecular weight is 343 g/mol. The van der Waals surface area contributed by atoms with Gasteiger partial charge in [-0.2, -0.15) is 0 Å². The number of aromatic nitrogens is 4. The van der Waals surface area contributed by atoms with Gasteiger partial charge in [0.25, 0.3) is 0 Å². The Morgan fingerprint density at radius 2 is 2.04 bits per heavy atom. The summed E-state index contributed by atoms with van der Waals surface area (Å²) in [6, 6.07) is 5.71. The fraction of sp³-hybridized carbons (Fsp3) is 0.250. The predicted octanol–water partition coefficient (Wildman–Crippen LogP) is 1.95. The van der Waals surface area contributed by atoms with Crippen molar-refractivity contribution in [2.45, 2.75) is 0 Å². The molecule has 0 saturated carbocycles. The van der Waals surface area contributed by atoms with E-state index in [1.807, 2.05) is 18.2 Å². The molecule has 4 rings (SSSR count). The Morgan fingerprint density at radius 3 is 2.79 bits per heavy atom. The maximum atomic E-state index is 10.8. The number of piperazine rings is 1. The summed E-state index contributed by atoms with van der Waals surface area (Å²) < 4.78 is 0. The lowest BCUT2D eigenvalue weighted by molar-refractivity contribution is -0.118. The number of pyridine rings is 2. The molecule has 0 unspecified atom stereocenters. The van der Waals surface area contributed by atoms with Gasteiger partial charge in [0.05, 0.1) is 10.5 Å². The number of hydrogen-bond acceptors (Lipinski definition) is 5. The van der Waals surface area contributed by atoms with Gasteiger partial charge in [0.15, 0.2) is 5.65 Å². The third-order valence-electron chi connectivity index (χ3n) is 4.14. The minimum atomic E-state index is 0.532. The van der Waals surface area contributed by atoms with Gasteiger partial charge < -0.3 is 14.8 Å². The van der Waals surface area contributed by atoms with Gasteiger partial charge >= 0.3 is 0 Å². The second kappa shape index (κ2) is 6.09. The summed E-state index contributed by atoms with van der Waals surface area (Å²) in [4.78, 5) is 31.1. The zero-order valence-corrected chi connectivity index (χ0v) is 13.6. The summed E-state index contributed by atoms with van der Waals surface area (Å²) in [6.45, 7) is 2.87. The van der Waals surface area contributed by atoms with Gasteiger partial charge in [-0.05, 0) is 18.2 Å². The standard InChI is InChI=1S/C16H15ClN6O/c17-12-9-19-14(23-6-4-22(10-24)5-7-23)8-11(12)15-20-13-2-1-3-18-16(13)21-15/h1-3,8-10H,4-7H2,(H,18,20,21). The monoisotopic (exact) mass is 342 g/mol. The van der Waals surface area contributed by atoms with Crippen molar-refractivity contribution in [3.8, 4) is 11.4 Å². The number of carbonyl (C=O) groups excluding carboxylic acids is 1. The van der Waals surface area contributed by atoms with Crippen molar-refractivity contribution in [1.82, 2.24) is 24.8 Å². The number of aromatic amines is 1. The minimum absolute atomic E-state index is 0.532. The van der Waals surface area contributed by atoms with E-state index in [9.17, 15) is 4.79 Å². The van der Waals surface area contributed by atoms with Crippen molar-refractivity contribution in [1.29, 1.82) is 0 Å². The molecule has 0 bridgehead atoms. The number of carbonyl (C=O) groups is 1. The van der Waals surface area contributed by atoms with Crippen LogP contribution >= 0.6 is 11.6 Å². The average Bonchev–Trinajstić information content (AvgIpc) is 3.06. The number of halogens is 1. The molecule has 0 aliphatic carbocycles. The van der Waals surface area contributed by atoms with Crippen molar-refractivity contribution in [3.63, 3.8) is 0 Å². The van der Waals surface area contributed by atoms with Gasteiger partial charge in [0, 0.05) is 44.1 Å². The number of imidazole rings is 1. The number of amides is 1. The number of nitrogens with one attached hydrogen (secondary N) is 1. The Bertz CT molecular complexity index is 854. The van der Waals surface area contributed by atoms with E-state index in [0.717, 1.165) is 36.4 Å². The van der Waals surface area contributed by atoms with Crippen molar-refractivity contribution in [2.75, 3.05) is 31.1 Å². The topological polar surface area (TPSA) is 78.0 Å². The second-order valence-electron chi connectivity index (χ2n) is 5.61. The highest BCUT2D eigenvalue weighted by Crippen LogP contribution is 2.29. The summed E-state index contributed by atoms with van der Waals surface area (Å²) in [7, 11) is 0. The first-order valence-corrected chi connectivity index (χ1v) is 8.03. The van der Waals surface area contributed by atoms with Gasteiger partial charge in [-0.1, -0.05) is 11.6 Å². The van der Waals surface area contributed by atoms with E-state index in [-0.39, 0.29) is 0 Å². The molecule has 1 aliphatic rings. The van der Waals surface area contributed by atoms with Crippen LogP contribution in [0.15, 0.2) is 30.6 Å². The molecule has 1 saturated heterocycles. The van der Waals surface area contributed by atoms with Gasteiger partial charge in [0.2, 0.25) is 6.41 Å². The Hall–Kier alpha value is -2.67. The number of rotatable bonds is 3. The first kappa shape index (κ1) is 14.9. The molecule has 1 fully saturated rings. The van der Waals surface area contributed by atoms with E-state index in [0.29, 0.717) is 29.6 Å². The quantitative estimate of drug-likeness (QED) is 0.736. The van der Waals surface area contributed by atoms with E-state index >= 15 is 0 Å². The summed E-state index contributed by atoms with van der Waals surface area (Å²) in [6.07, 6.45) is 4.23. The molecular formula is C16H15ClN6O. The van der Waals surface area contributed by atoms with Crippen molar-refractivity contribution in [3.05, 3.63) is 35.6 Å². The zero-order valence-electron chi connectivity index (χ0n) is 12.8. The minimum Gasteiger partial charge on any atom is -0.353 e. The van der Waals surface area contributed by atoms with Crippen LogP contribution in [0.2, 0.25) is 5.02 Å². The Balaban J connectivity index is 1.67. The predicted molar refractivity (Wildman–Crippen MR) is 92.0 cm³/mol. The molecule has 24 heavy (non-hydrogen) atoms. The number of nitrogens with zero attached hydrogens (tertiary/aromatic N) is 5. The van der Waals surface area contributed by atoms with Gasteiger partial charge in [0.1, 0.15) is 11.6 Å². The number of fused-ring (bicyclic) bond motifs is 1. The van der Waals surface area contributed by atoms with Crippen LogP contribution in [0.1, 0.15) is 0 Å². The van der Waals surface area contributed by atoms with E-state index < -0.39 is 0 Å². The Morgan fingerprint density at radius 1 is 1.21 bits per heavy atom. The van der Waals surface area contributed by atoms with Crippen molar-refractivity contribution >= 4 is 35.0 Å². The Kier molecular flexibility index (Phi) is 3.78. The molecular weight excluding hydrogens is 328 g/mol. The summed E-state index contributed by atoms with van der Waals surface area (Å²) in [5, 5.41) is 0.532. The van der Waals surface area contributed by atoms with Crippen molar-refractivity contribution < 1.29 is 4.79 Å². The molecule has 3 aromatic rings. The van der Waals surface area contributed by atoms with Crippen LogP contribution in [0.25, 0.3) is 22.6 Å². The summed E-state index contributed by atoms with van der Waals surface area (Å²) >= 11 is 6.33. The van der Waals surface area contributed by atoms with Crippen LogP contribution in [0.3, 0.4) is 0 Å². The SMILES string of the molecule is O=CN1CCN(c2cc(-c3nc4ncccc4[nH]3)c(Cl)cn2)CC1. The van der Waals surface area contributed by atoms with Crippen LogP contribution in [-0.4, -0.2) is 57.4 Å². The highest BCUT2D eigenvalue weighted by molar-refractivity contribution is 6.33. The van der Waals surface area contributed by atoms with E-state index in [4.69, 9.17) is 11.6 Å². The first-order chi connectivity index (χ1) is 11.7. The highest BCUT2D eigenvalue weighted by Gasteiger charge is 2.19. The van der Waals surface area contributed by atoms with Crippen LogP contribution < -0.4 is 4.90 Å². The van der Waals surface area contributed by atoms with Crippen molar-refractivity contribution in [2.24, 2.45) is 0 Å². The van der Waals surface area contributed by atoms with Crippen LogP contribution in [0.5, 0.6) is 0 Å². The third-order valence-corrected chi connectivity index (χ3v) is 4.44. The fourth-order valence-corrected chi connectivity index (χ4v) is 3.00. The van der Waals surface area contributed by atoms with E-state index in [1.165, 1.54) is 0 Å². The zero-order chi connectivity index (χ0) is 16.5. The number of anilines is 1. The lowest BCUT2D eigenvalue weighted by Gasteiger charge is -2.33. The van der Waals surface area contributed by atoms with Gasteiger partial charge in [-0.15, -0.1) is 0 Å².